The Balaban J connectivity index is 3.06. The zero-order chi connectivity index (χ0) is 7.11. The zero-order valence-corrected chi connectivity index (χ0v) is 6.21. The summed E-state index contributed by atoms with van der Waals surface area (Å²) in [7, 11) is 0. The van der Waals surface area contributed by atoms with Crippen LogP contribution < -0.4 is 5.32 Å². The van der Waals surface area contributed by atoms with Gasteiger partial charge in [-0.25, -0.2) is 4.79 Å². The first-order valence-electron chi connectivity index (χ1n) is 2.33. The summed E-state index contributed by atoms with van der Waals surface area (Å²) in [5.41, 5.74) is 0. The van der Waals surface area contributed by atoms with E-state index in [2.05, 4.69) is 10.1 Å². The van der Waals surface area contributed by atoms with Gasteiger partial charge in [0.2, 0.25) is 0 Å². The predicted molar refractivity (Wildman–Crippen MR) is 35.9 cm³/mol. The Hall–Kier alpha value is -0.150. The van der Waals surface area contributed by atoms with Crippen molar-refractivity contribution in [3.8, 4) is 0 Å². The smallest absolute Gasteiger partial charge is 0.408 e. The Morgan fingerprint density at radius 3 is 2.67 bits per heavy atom. The Morgan fingerprint density at radius 1 is 1.56 bits per heavy atom. The maximum atomic E-state index is 10.3. The number of rotatable bonds is 3. The fraction of sp³-hybridized carbons (Fsp3) is 0.750. The van der Waals surface area contributed by atoms with Gasteiger partial charge >= 0.3 is 6.09 Å². The number of carbonyl (C=O) groups is 1. The van der Waals surface area contributed by atoms with E-state index in [0.717, 1.165) is 0 Å². The van der Waals surface area contributed by atoms with Crippen LogP contribution in [0.15, 0.2) is 0 Å². The number of amides is 1. The predicted octanol–water partition coefficient (Wildman–Crippen LogP) is 1.15. The SMILES string of the molecule is O=C(NCCl)OCCCl. The first-order chi connectivity index (χ1) is 4.31. The second kappa shape index (κ2) is 5.98. The molecule has 1 amide bonds. The van der Waals surface area contributed by atoms with E-state index in [1.54, 1.807) is 0 Å². The van der Waals surface area contributed by atoms with Crippen molar-refractivity contribution in [3.05, 3.63) is 0 Å². The molecule has 0 saturated carbocycles. The standard InChI is InChI=1S/C4H7Cl2NO2/c5-1-2-9-4(8)7-3-6/h1-3H2,(H,7,8). The van der Waals surface area contributed by atoms with Crippen LogP contribution in [-0.2, 0) is 4.74 Å². The third kappa shape index (κ3) is 5.73. The van der Waals surface area contributed by atoms with E-state index in [0.29, 0.717) is 5.88 Å². The van der Waals surface area contributed by atoms with Gasteiger partial charge in [0.25, 0.3) is 0 Å². The second-order valence-corrected chi connectivity index (χ2v) is 1.78. The molecule has 0 aromatic carbocycles. The lowest BCUT2D eigenvalue weighted by Gasteiger charge is -2.00. The van der Waals surface area contributed by atoms with Crippen LogP contribution in [0.1, 0.15) is 0 Å². The molecule has 5 heteroatoms. The van der Waals surface area contributed by atoms with Gasteiger partial charge in [-0.3, -0.25) is 0 Å². The second-order valence-electron chi connectivity index (χ2n) is 1.14. The van der Waals surface area contributed by atoms with Crippen LogP contribution in [0.3, 0.4) is 0 Å². The van der Waals surface area contributed by atoms with Crippen LogP contribution in [0.25, 0.3) is 0 Å². The molecule has 3 nitrogen and oxygen atoms in total. The molecule has 0 heterocycles. The topological polar surface area (TPSA) is 38.3 Å². The van der Waals surface area contributed by atoms with Crippen molar-refractivity contribution in [1.82, 2.24) is 5.32 Å². The van der Waals surface area contributed by atoms with E-state index in [1.807, 2.05) is 0 Å². The first-order valence-corrected chi connectivity index (χ1v) is 3.40. The first kappa shape index (κ1) is 8.85. The molecule has 0 unspecified atom stereocenters. The molecule has 0 aliphatic carbocycles. The van der Waals surface area contributed by atoms with Crippen molar-refractivity contribution in [1.29, 1.82) is 0 Å². The minimum absolute atomic E-state index is 0.0567. The molecule has 0 fully saturated rings. The number of hydrogen-bond acceptors (Lipinski definition) is 2. The van der Waals surface area contributed by atoms with Crippen LogP contribution in [0.5, 0.6) is 0 Å². The molecular weight excluding hydrogens is 165 g/mol. The van der Waals surface area contributed by atoms with Crippen molar-refractivity contribution < 1.29 is 9.53 Å². The Bertz CT molecular complexity index is 88.6. The number of carbonyl (C=O) groups excluding carboxylic acids is 1. The number of hydrogen-bond donors (Lipinski definition) is 1. The average Bonchev–Trinajstić information content (AvgIpc) is 1.85. The van der Waals surface area contributed by atoms with E-state index in [4.69, 9.17) is 23.2 Å². The normalized spacial score (nSPS) is 8.67. The fourth-order valence-electron chi connectivity index (χ4n) is 0.237. The zero-order valence-electron chi connectivity index (χ0n) is 4.69. The van der Waals surface area contributed by atoms with Crippen LogP contribution in [0.4, 0.5) is 4.79 Å². The molecule has 0 atom stereocenters. The van der Waals surface area contributed by atoms with E-state index >= 15 is 0 Å². The third-order valence-corrected chi connectivity index (χ3v) is 0.809. The van der Waals surface area contributed by atoms with Crippen LogP contribution in [-0.4, -0.2) is 24.6 Å². The molecule has 0 aliphatic heterocycles. The lowest BCUT2D eigenvalue weighted by molar-refractivity contribution is 0.154. The highest BCUT2D eigenvalue weighted by molar-refractivity contribution is 6.18. The maximum Gasteiger partial charge on any atom is 0.408 e. The number of ether oxygens (including phenoxy) is 1. The van der Waals surface area contributed by atoms with Crippen LogP contribution >= 0.6 is 23.2 Å². The third-order valence-electron chi connectivity index (χ3n) is 0.521. The molecule has 54 valence electrons. The quantitative estimate of drug-likeness (QED) is 0.512. The van der Waals surface area contributed by atoms with Crippen molar-refractivity contribution >= 4 is 29.3 Å². The lowest BCUT2D eigenvalue weighted by Crippen LogP contribution is -2.23. The molecule has 9 heavy (non-hydrogen) atoms. The summed E-state index contributed by atoms with van der Waals surface area (Å²) in [6.45, 7) is 0.213. The Labute approximate surface area is 63.3 Å². The van der Waals surface area contributed by atoms with Gasteiger partial charge in [0.1, 0.15) is 6.61 Å². The summed E-state index contributed by atoms with van der Waals surface area (Å²) in [5, 5.41) is 2.23. The number of nitrogens with one attached hydrogen (secondary N) is 1. The van der Waals surface area contributed by atoms with E-state index in [-0.39, 0.29) is 12.6 Å². The molecule has 0 bridgehead atoms. The Kier molecular flexibility index (Phi) is 5.88. The molecule has 0 spiro atoms. The van der Waals surface area contributed by atoms with Gasteiger partial charge < -0.3 is 10.1 Å². The summed E-state index contributed by atoms with van der Waals surface area (Å²) in [6, 6.07) is 0.0567. The average molecular weight is 172 g/mol. The van der Waals surface area contributed by atoms with Crippen molar-refractivity contribution in [2.75, 3.05) is 18.5 Å². The fourth-order valence-corrected chi connectivity index (χ4v) is 0.423. The summed E-state index contributed by atoms with van der Waals surface area (Å²) in [6.07, 6.45) is -0.536. The minimum atomic E-state index is -0.536. The number of halogens is 2. The van der Waals surface area contributed by atoms with Crippen molar-refractivity contribution in [2.24, 2.45) is 0 Å². The number of alkyl halides is 2. The summed E-state index contributed by atoms with van der Waals surface area (Å²) in [5.74, 6) is 0.301. The van der Waals surface area contributed by atoms with Gasteiger partial charge in [0.15, 0.2) is 0 Å². The van der Waals surface area contributed by atoms with Gasteiger partial charge in [0, 0.05) is 0 Å². The summed E-state index contributed by atoms with van der Waals surface area (Å²) >= 11 is 10.3. The Morgan fingerprint density at radius 2 is 2.22 bits per heavy atom. The summed E-state index contributed by atoms with van der Waals surface area (Å²) < 4.78 is 4.47. The van der Waals surface area contributed by atoms with Gasteiger partial charge in [-0.15, -0.1) is 23.2 Å². The van der Waals surface area contributed by atoms with E-state index < -0.39 is 6.09 Å². The molecule has 0 aromatic rings. The monoisotopic (exact) mass is 171 g/mol. The largest absolute Gasteiger partial charge is 0.448 e. The highest BCUT2D eigenvalue weighted by Gasteiger charge is 1.96. The summed E-state index contributed by atoms with van der Waals surface area (Å²) in [4.78, 5) is 10.3. The number of alkyl carbamates (subject to hydrolysis) is 1. The molecule has 0 saturated heterocycles. The van der Waals surface area contributed by atoms with Crippen LogP contribution in [0, 0.1) is 0 Å². The van der Waals surface area contributed by atoms with Crippen molar-refractivity contribution in [2.45, 2.75) is 0 Å². The van der Waals surface area contributed by atoms with E-state index in [1.165, 1.54) is 0 Å². The molecule has 0 radical (unpaired) electrons. The van der Waals surface area contributed by atoms with Gasteiger partial charge in [-0.05, 0) is 0 Å². The molecule has 0 rings (SSSR count). The maximum absolute atomic E-state index is 10.3. The molecule has 1 N–H and O–H groups in total. The highest BCUT2D eigenvalue weighted by atomic mass is 35.5. The molecular formula is C4H7Cl2NO2. The lowest BCUT2D eigenvalue weighted by atomic mass is 10.8. The van der Waals surface area contributed by atoms with Crippen LogP contribution in [0.2, 0.25) is 0 Å². The minimum Gasteiger partial charge on any atom is -0.448 e. The molecule has 0 aromatic heterocycles. The van der Waals surface area contributed by atoms with Gasteiger partial charge in [-0.2, -0.15) is 0 Å². The van der Waals surface area contributed by atoms with Gasteiger partial charge in [0.05, 0.1) is 11.9 Å². The van der Waals surface area contributed by atoms with Crippen molar-refractivity contribution in [3.63, 3.8) is 0 Å². The van der Waals surface area contributed by atoms with E-state index in [9.17, 15) is 4.79 Å². The van der Waals surface area contributed by atoms with Gasteiger partial charge in [-0.1, -0.05) is 0 Å². The highest BCUT2D eigenvalue weighted by Crippen LogP contribution is 1.80. The molecule has 0 aliphatic rings.